The van der Waals surface area contributed by atoms with Crippen LogP contribution in [0.4, 0.5) is 58.3 Å². The Morgan fingerprint density at radius 1 is 0.433 bits per heavy atom. The molecule has 8 heterocycles. The van der Waals surface area contributed by atoms with Gasteiger partial charge in [-0.1, -0.05) is 98.7 Å². The number of carbonyl (C=O) groups is 2. The molecule has 0 radical (unpaired) electrons. The van der Waals surface area contributed by atoms with E-state index in [0.717, 1.165) is 151 Å². The van der Waals surface area contributed by atoms with Crippen LogP contribution in [0, 0.1) is 23.3 Å². The molecule has 0 aliphatic rings. The molecule has 0 saturated heterocycles. The lowest BCUT2D eigenvalue weighted by Crippen LogP contribution is -2.20. The number of ether oxygens (including phenoxy) is 1. The first-order valence-electron chi connectivity index (χ1n) is 34.1. The average Bonchev–Trinajstić information content (AvgIpc) is 1.33. The summed E-state index contributed by atoms with van der Waals surface area (Å²) in [5, 5.41) is 29.2. The van der Waals surface area contributed by atoms with E-state index < -0.39 is 0 Å². The van der Waals surface area contributed by atoms with Gasteiger partial charge in [0.15, 0.2) is 17.5 Å². The van der Waals surface area contributed by atoms with E-state index in [2.05, 4.69) is 55.4 Å². The lowest BCUT2D eigenvalue weighted by Gasteiger charge is -2.22. The molecule has 26 heteroatoms. The van der Waals surface area contributed by atoms with Gasteiger partial charge in [0.1, 0.15) is 51.7 Å². The fourth-order valence-corrected chi connectivity index (χ4v) is 10.8. The Morgan fingerprint density at radius 3 is 1.20 bits per heavy atom. The quantitative estimate of drug-likeness (QED) is 0.00934. The highest BCUT2D eigenvalue weighted by Crippen LogP contribution is 2.31. The van der Waals surface area contributed by atoms with Crippen molar-refractivity contribution in [3.8, 4) is 44.5 Å². The smallest absolute Gasteiger partial charge is 0.305 e. The molecular weight excluding hydrogens is 1350 g/mol. The topological polar surface area (TPSA) is 243 Å². The molecule has 4 aromatic carbocycles. The second kappa shape index (κ2) is 41.4. The van der Waals surface area contributed by atoms with Crippen LogP contribution < -0.4 is 26.3 Å². The molecule has 0 fully saturated rings. The number of nitrogens with one attached hydrogen (secondary N) is 2. The van der Waals surface area contributed by atoms with Gasteiger partial charge >= 0.3 is 5.97 Å². The van der Waals surface area contributed by atoms with Gasteiger partial charge in [0.25, 0.3) is 0 Å². The highest BCUT2D eigenvalue weighted by atomic mass is 35.5. The maximum absolute atomic E-state index is 13.3. The molecule has 0 atom stereocenters. The molecule has 5 N–H and O–H groups in total. The van der Waals surface area contributed by atoms with Gasteiger partial charge in [-0.25, -0.2) is 43.0 Å². The number of halogens is 5. The summed E-state index contributed by atoms with van der Waals surface area (Å²) in [7, 11) is 7.46. The number of pyridine rings is 4. The third-order valence-electron chi connectivity index (χ3n) is 15.9. The number of esters is 1. The Bertz CT molecular complexity index is 4520. The number of nitrogen functional groups attached to an aromatic ring is 1. The zero-order chi connectivity index (χ0) is 74.0. The van der Waals surface area contributed by atoms with E-state index in [0.29, 0.717) is 36.2 Å². The second-order valence-electron chi connectivity index (χ2n) is 23.9. The number of hydrogen-bond donors (Lipinski definition) is 4. The van der Waals surface area contributed by atoms with Crippen molar-refractivity contribution in [3.05, 3.63) is 248 Å². The molecule has 0 aliphatic heterocycles. The first-order chi connectivity index (χ1) is 50.4. The monoisotopic (exact) mass is 1440 g/mol. The van der Waals surface area contributed by atoms with Gasteiger partial charge < -0.3 is 25.6 Å². The SMILES string of the molecule is CCOC(=O)CCCCCCCN(c1cc(-c2ccc(F)cc2)ccn1)c1ccn(C)n1.Cn1ccc(N(CCCCCCCC(=O)NO)c2cc(-c3ccc(F)cc3)ccn2)n1.Cn1ccc(N)n1.Cn1ccc(Nc2cc(-c3ccc(F)cc3)ccn2)n1.Fc1ccc(-c2ccnc(Cl)c2)cc1. The number of carbonyl (C=O) groups excluding carboxylic acids is 2. The van der Waals surface area contributed by atoms with Gasteiger partial charge in [0.05, 0.1) is 6.61 Å². The van der Waals surface area contributed by atoms with Crippen molar-refractivity contribution < 1.29 is 37.1 Å². The number of aryl methyl sites for hydroxylation is 4. The minimum absolute atomic E-state index is 0.110. The van der Waals surface area contributed by atoms with Gasteiger partial charge in [0.2, 0.25) is 5.91 Å². The lowest BCUT2D eigenvalue weighted by atomic mass is 10.1. The summed E-state index contributed by atoms with van der Waals surface area (Å²) in [6.07, 6.45) is 24.9. The summed E-state index contributed by atoms with van der Waals surface area (Å²) in [5.74, 6) is 3.84. The predicted octanol–water partition coefficient (Wildman–Crippen LogP) is 17.2. The molecule has 0 spiro atoms. The summed E-state index contributed by atoms with van der Waals surface area (Å²) in [4.78, 5) is 43.9. The number of hydroxylamine groups is 1. The molecule has 104 heavy (non-hydrogen) atoms. The summed E-state index contributed by atoms with van der Waals surface area (Å²) in [6, 6.07) is 48.3. The fourth-order valence-electron chi connectivity index (χ4n) is 10.6. The molecule has 12 rings (SSSR count). The van der Waals surface area contributed by atoms with Gasteiger partial charge in [0, 0.05) is 122 Å². The van der Waals surface area contributed by atoms with Crippen molar-refractivity contribution in [1.82, 2.24) is 64.5 Å². The average molecular weight is 1440 g/mol. The van der Waals surface area contributed by atoms with E-state index in [9.17, 15) is 27.2 Å². The number of nitrogens with zero attached hydrogens (tertiary/aromatic N) is 14. The van der Waals surface area contributed by atoms with Crippen LogP contribution in [0.1, 0.15) is 84.0 Å². The van der Waals surface area contributed by atoms with Gasteiger partial charge in [-0.15, -0.1) is 0 Å². The third-order valence-corrected chi connectivity index (χ3v) is 16.1. The standard InChI is InChI=1S/C25H31FN4O2.C23H28FN5O2.C15H13FN4.C11H7ClFN.C4H7N3/c1-3-32-25(31)9-7-5-4-6-8-17-30(23-15-18-29(2)28-23)24-19-21(14-16-27-24)20-10-12-22(26)13-11-20;1-28-16-13-21(26-28)29(15-6-4-2-3-5-7-23(30)27-31)22-17-19(12-14-25-22)18-8-10-20(24)11-9-18;1-20-9-7-14(19-20)18-15-10-12(6-8-17-15)11-2-4-13(16)5-3-11;12-11-7-9(5-6-14-11)8-1-3-10(13)4-2-8;1-7-3-2-4(5)6-7/h10-16,18-19H,3-9,17H2,1-2H3;8-14,16-17,31H,2-7,15H2,1H3,(H,27,30);2-10H,1H3,(H,17,18,19);1-7H;2-3H,1H3,(H2,5,6). The lowest BCUT2D eigenvalue weighted by molar-refractivity contribution is -0.143. The van der Waals surface area contributed by atoms with Crippen molar-refractivity contribution in [3.63, 3.8) is 0 Å². The normalized spacial score (nSPS) is 10.6. The summed E-state index contributed by atoms with van der Waals surface area (Å²) in [5.41, 5.74) is 14.5. The fraction of sp³-hybridized carbons (Fsp3) is 0.256. The van der Waals surface area contributed by atoms with Crippen LogP contribution in [0.3, 0.4) is 0 Å². The van der Waals surface area contributed by atoms with Crippen LogP contribution in [-0.2, 0) is 42.5 Å². The van der Waals surface area contributed by atoms with E-state index in [1.54, 1.807) is 116 Å². The van der Waals surface area contributed by atoms with Crippen LogP contribution in [0.25, 0.3) is 44.5 Å². The van der Waals surface area contributed by atoms with Crippen molar-refractivity contribution in [2.75, 3.05) is 40.5 Å². The maximum atomic E-state index is 13.3. The predicted molar refractivity (Wildman–Crippen MR) is 400 cm³/mol. The van der Waals surface area contributed by atoms with E-state index in [1.807, 2.05) is 114 Å². The Balaban J connectivity index is 0.000000176. The third kappa shape index (κ3) is 26.4. The Kier molecular flexibility index (Phi) is 31.1. The van der Waals surface area contributed by atoms with Crippen LogP contribution in [-0.4, -0.2) is 95.8 Å². The van der Waals surface area contributed by atoms with Gasteiger partial charge in [-0.05, 0) is 180 Å². The molecule has 0 unspecified atom stereocenters. The number of hydrogen-bond acceptors (Lipinski definition) is 16. The molecule has 0 aliphatic carbocycles. The van der Waals surface area contributed by atoms with Crippen molar-refractivity contribution >= 4 is 64.2 Å². The number of amides is 1. The molecular formula is C78H86ClF4N17O4. The number of unbranched alkanes of at least 4 members (excludes halogenated alkanes) is 8. The first-order valence-corrected chi connectivity index (χ1v) is 34.4. The zero-order valence-electron chi connectivity index (χ0n) is 58.8. The number of rotatable bonds is 27. The Labute approximate surface area is 608 Å². The van der Waals surface area contributed by atoms with Crippen LogP contribution in [0.5, 0.6) is 0 Å². The molecule has 0 bridgehead atoms. The number of aromatic nitrogens is 12. The molecule has 12 aromatic rings. The van der Waals surface area contributed by atoms with Crippen molar-refractivity contribution in [1.29, 1.82) is 0 Å². The number of anilines is 7. The molecule has 21 nitrogen and oxygen atoms in total. The summed E-state index contributed by atoms with van der Waals surface area (Å²) < 4.78 is 64.0. The highest BCUT2D eigenvalue weighted by molar-refractivity contribution is 6.29. The van der Waals surface area contributed by atoms with Crippen LogP contribution in [0.2, 0.25) is 5.15 Å². The van der Waals surface area contributed by atoms with Crippen molar-refractivity contribution in [2.45, 2.75) is 84.0 Å². The Hall–Kier alpha value is -11.6. The molecule has 542 valence electrons. The van der Waals surface area contributed by atoms with E-state index in [4.69, 9.17) is 27.3 Å². The summed E-state index contributed by atoms with van der Waals surface area (Å²) >= 11 is 5.74. The van der Waals surface area contributed by atoms with Crippen molar-refractivity contribution in [2.24, 2.45) is 28.2 Å². The minimum Gasteiger partial charge on any atom is -0.466 e. The summed E-state index contributed by atoms with van der Waals surface area (Å²) in [6.45, 7) is 3.82. The molecule has 1 amide bonds. The highest BCUT2D eigenvalue weighted by Gasteiger charge is 2.17. The number of benzene rings is 4. The maximum Gasteiger partial charge on any atom is 0.305 e. The van der Waals surface area contributed by atoms with E-state index in [-0.39, 0.29) is 35.1 Å². The first kappa shape index (κ1) is 78.2. The van der Waals surface area contributed by atoms with E-state index in [1.165, 1.54) is 48.5 Å². The largest absolute Gasteiger partial charge is 0.466 e. The number of nitrogens with two attached hydrogens (primary N) is 1. The van der Waals surface area contributed by atoms with Crippen LogP contribution >= 0.6 is 11.6 Å². The van der Waals surface area contributed by atoms with Crippen LogP contribution in [0.15, 0.2) is 219 Å². The second-order valence-corrected chi connectivity index (χ2v) is 24.3. The zero-order valence-corrected chi connectivity index (χ0v) is 59.5. The molecule has 0 saturated carbocycles. The van der Waals surface area contributed by atoms with Gasteiger partial charge in [-0.3, -0.25) is 33.5 Å². The van der Waals surface area contributed by atoms with E-state index >= 15 is 0 Å². The molecule has 8 aromatic heterocycles. The Morgan fingerprint density at radius 2 is 0.817 bits per heavy atom. The minimum atomic E-state index is -0.339. The van der Waals surface area contributed by atoms with Gasteiger partial charge in [-0.2, -0.15) is 20.4 Å².